The van der Waals surface area contributed by atoms with Crippen molar-refractivity contribution < 1.29 is 18.9 Å². The van der Waals surface area contributed by atoms with E-state index in [0.717, 1.165) is 0 Å². The van der Waals surface area contributed by atoms with Crippen LogP contribution in [0.3, 0.4) is 0 Å². The van der Waals surface area contributed by atoms with Gasteiger partial charge in [-0.3, -0.25) is 0 Å². The summed E-state index contributed by atoms with van der Waals surface area (Å²) in [6, 6.07) is 0. The third-order valence-corrected chi connectivity index (χ3v) is 2.15. The van der Waals surface area contributed by atoms with Gasteiger partial charge >= 0.3 is 0 Å². The molecule has 0 bridgehead atoms. The van der Waals surface area contributed by atoms with E-state index in [9.17, 15) is 0 Å². The molecule has 4 nitrogen and oxygen atoms in total. The molecular formula is C9H18O4. The first-order valence-corrected chi connectivity index (χ1v) is 4.41. The molecule has 1 aliphatic rings. The third-order valence-electron chi connectivity index (χ3n) is 2.15. The monoisotopic (exact) mass is 190 g/mol. The number of hydrogen-bond acceptors (Lipinski definition) is 4. The highest BCUT2D eigenvalue weighted by atomic mass is 16.8. The second kappa shape index (κ2) is 3.92. The Kier molecular flexibility index (Phi) is 3.29. The molecule has 1 fully saturated rings. The van der Waals surface area contributed by atoms with E-state index >= 15 is 0 Å². The molecule has 0 N–H and O–H groups in total. The molecule has 78 valence electrons. The molecule has 4 heteroatoms. The van der Waals surface area contributed by atoms with Crippen LogP contribution in [-0.2, 0) is 18.9 Å². The van der Waals surface area contributed by atoms with Crippen molar-refractivity contribution in [1.82, 2.24) is 0 Å². The molecule has 0 amide bonds. The van der Waals surface area contributed by atoms with Gasteiger partial charge in [-0.05, 0) is 20.8 Å². The van der Waals surface area contributed by atoms with E-state index in [2.05, 4.69) is 0 Å². The first-order valence-electron chi connectivity index (χ1n) is 4.41. The minimum atomic E-state index is -0.585. The Balaban J connectivity index is 2.63. The van der Waals surface area contributed by atoms with Crippen molar-refractivity contribution in [2.75, 3.05) is 14.2 Å². The van der Waals surface area contributed by atoms with Gasteiger partial charge in [-0.25, -0.2) is 0 Å². The summed E-state index contributed by atoms with van der Waals surface area (Å²) >= 11 is 0. The summed E-state index contributed by atoms with van der Waals surface area (Å²) in [6.45, 7) is 5.66. The molecule has 0 radical (unpaired) electrons. The van der Waals surface area contributed by atoms with E-state index in [1.165, 1.54) is 0 Å². The maximum Gasteiger partial charge on any atom is 0.189 e. The Morgan fingerprint density at radius 3 is 2.31 bits per heavy atom. The molecule has 1 heterocycles. The Labute approximate surface area is 79.1 Å². The van der Waals surface area contributed by atoms with Gasteiger partial charge in [-0.1, -0.05) is 0 Å². The van der Waals surface area contributed by atoms with Gasteiger partial charge in [0.1, 0.15) is 6.10 Å². The lowest BCUT2D eigenvalue weighted by Crippen LogP contribution is -2.35. The van der Waals surface area contributed by atoms with Crippen molar-refractivity contribution in [1.29, 1.82) is 0 Å². The first-order chi connectivity index (χ1) is 6.00. The van der Waals surface area contributed by atoms with Gasteiger partial charge in [0.2, 0.25) is 0 Å². The maximum atomic E-state index is 5.63. The molecule has 0 spiro atoms. The van der Waals surface area contributed by atoms with Crippen LogP contribution in [0.2, 0.25) is 0 Å². The van der Waals surface area contributed by atoms with Gasteiger partial charge in [0, 0.05) is 14.2 Å². The Bertz CT molecular complexity index is 169. The highest BCUT2D eigenvalue weighted by Gasteiger charge is 2.44. The van der Waals surface area contributed by atoms with Crippen LogP contribution >= 0.6 is 0 Å². The fraction of sp³-hybridized carbons (Fsp3) is 1.00. The predicted octanol–water partition coefficient (Wildman–Crippen LogP) is 1.15. The topological polar surface area (TPSA) is 36.9 Å². The molecule has 3 atom stereocenters. The van der Waals surface area contributed by atoms with Crippen molar-refractivity contribution in [3.05, 3.63) is 0 Å². The molecule has 0 saturated carbocycles. The van der Waals surface area contributed by atoms with E-state index in [1.54, 1.807) is 14.2 Å². The lowest BCUT2D eigenvalue weighted by Gasteiger charge is -2.20. The van der Waals surface area contributed by atoms with E-state index in [1.807, 2.05) is 20.8 Å². The standard InChI is InChI=1S/C9H18O4/c1-6(10-4)7-8(11-5)13-9(2,3)12-7/h6-8H,1-5H3/t6-,7+,8+/m1/s1. The van der Waals surface area contributed by atoms with Gasteiger partial charge < -0.3 is 18.9 Å². The van der Waals surface area contributed by atoms with Crippen molar-refractivity contribution in [3.8, 4) is 0 Å². The Morgan fingerprint density at radius 1 is 1.23 bits per heavy atom. The van der Waals surface area contributed by atoms with Gasteiger partial charge in [0.05, 0.1) is 6.10 Å². The summed E-state index contributed by atoms with van der Waals surface area (Å²) in [5.74, 6) is -0.585. The number of hydrogen-bond donors (Lipinski definition) is 0. The second-order valence-electron chi connectivity index (χ2n) is 3.65. The zero-order valence-corrected chi connectivity index (χ0v) is 8.87. The van der Waals surface area contributed by atoms with Crippen LogP contribution in [0.5, 0.6) is 0 Å². The molecule has 1 rings (SSSR count). The zero-order valence-electron chi connectivity index (χ0n) is 8.87. The summed E-state index contributed by atoms with van der Waals surface area (Å²) in [5, 5.41) is 0. The average Bonchev–Trinajstić information content (AvgIpc) is 2.39. The molecule has 1 aliphatic heterocycles. The summed E-state index contributed by atoms with van der Waals surface area (Å²) in [6.07, 6.45) is -0.540. The fourth-order valence-electron chi connectivity index (χ4n) is 1.39. The zero-order chi connectivity index (χ0) is 10.1. The molecule has 1 saturated heterocycles. The van der Waals surface area contributed by atoms with E-state index < -0.39 is 5.79 Å². The predicted molar refractivity (Wildman–Crippen MR) is 47.3 cm³/mol. The smallest absolute Gasteiger partial charge is 0.189 e. The minimum absolute atomic E-state index is 0.0354. The van der Waals surface area contributed by atoms with Gasteiger partial charge in [0.15, 0.2) is 12.1 Å². The normalized spacial score (nSPS) is 34.8. The lowest BCUT2D eigenvalue weighted by atomic mass is 10.2. The van der Waals surface area contributed by atoms with Gasteiger partial charge in [-0.15, -0.1) is 0 Å². The third kappa shape index (κ3) is 2.40. The average molecular weight is 190 g/mol. The fourth-order valence-corrected chi connectivity index (χ4v) is 1.39. The molecule has 0 aromatic rings. The van der Waals surface area contributed by atoms with Crippen molar-refractivity contribution in [2.45, 2.75) is 45.1 Å². The number of rotatable bonds is 3. The molecule has 0 aromatic heterocycles. The first kappa shape index (κ1) is 10.9. The molecule has 0 aliphatic carbocycles. The Morgan fingerprint density at radius 2 is 1.85 bits per heavy atom. The molecular weight excluding hydrogens is 172 g/mol. The van der Waals surface area contributed by atoms with E-state index in [-0.39, 0.29) is 18.5 Å². The number of methoxy groups -OCH3 is 2. The Hall–Kier alpha value is -0.160. The van der Waals surface area contributed by atoms with Crippen LogP contribution in [0.25, 0.3) is 0 Å². The van der Waals surface area contributed by atoms with E-state index in [0.29, 0.717) is 0 Å². The van der Waals surface area contributed by atoms with Crippen molar-refractivity contribution in [3.63, 3.8) is 0 Å². The highest BCUT2D eigenvalue weighted by molar-refractivity contribution is 4.79. The van der Waals surface area contributed by atoms with Gasteiger partial charge in [-0.2, -0.15) is 0 Å². The largest absolute Gasteiger partial charge is 0.379 e. The van der Waals surface area contributed by atoms with Crippen LogP contribution in [0.15, 0.2) is 0 Å². The molecule has 0 unspecified atom stereocenters. The van der Waals surface area contributed by atoms with Crippen LogP contribution in [0, 0.1) is 0 Å². The van der Waals surface area contributed by atoms with Gasteiger partial charge in [0.25, 0.3) is 0 Å². The summed E-state index contributed by atoms with van der Waals surface area (Å²) in [7, 11) is 3.25. The maximum absolute atomic E-state index is 5.63. The minimum Gasteiger partial charge on any atom is -0.379 e. The van der Waals surface area contributed by atoms with Crippen LogP contribution in [-0.4, -0.2) is 38.5 Å². The van der Waals surface area contributed by atoms with Crippen molar-refractivity contribution in [2.24, 2.45) is 0 Å². The SMILES string of the molecule is CO[C@H]1OC(C)(C)O[C@H]1[C@@H](C)OC. The number of ether oxygens (including phenoxy) is 4. The van der Waals surface area contributed by atoms with Crippen molar-refractivity contribution >= 4 is 0 Å². The lowest BCUT2D eigenvalue weighted by molar-refractivity contribution is -0.182. The summed E-state index contributed by atoms with van der Waals surface area (Å²) in [4.78, 5) is 0. The molecule has 13 heavy (non-hydrogen) atoms. The molecule has 0 aromatic carbocycles. The summed E-state index contributed by atoms with van der Waals surface area (Å²) < 4.78 is 21.5. The second-order valence-corrected chi connectivity index (χ2v) is 3.65. The quantitative estimate of drug-likeness (QED) is 0.669. The van der Waals surface area contributed by atoms with Crippen LogP contribution in [0.1, 0.15) is 20.8 Å². The van der Waals surface area contributed by atoms with Crippen LogP contribution in [0.4, 0.5) is 0 Å². The van der Waals surface area contributed by atoms with Crippen LogP contribution < -0.4 is 0 Å². The van der Waals surface area contributed by atoms with E-state index in [4.69, 9.17) is 18.9 Å². The summed E-state index contributed by atoms with van der Waals surface area (Å²) in [5.41, 5.74) is 0. The highest BCUT2D eigenvalue weighted by Crippen LogP contribution is 2.30.